The number of nitrogens with two attached hydrogens (primary N) is 1. The van der Waals surface area contributed by atoms with Crippen molar-refractivity contribution in [3.63, 3.8) is 0 Å². The lowest BCUT2D eigenvalue weighted by Gasteiger charge is -2.56. The van der Waals surface area contributed by atoms with Gasteiger partial charge in [-0.3, -0.25) is 4.79 Å². The maximum atomic E-state index is 12.4. The first-order valence-corrected chi connectivity index (χ1v) is 10.1. The normalized spacial score (nSPS) is 37.3. The summed E-state index contributed by atoms with van der Waals surface area (Å²) in [5, 5.41) is 6.21. The van der Waals surface area contributed by atoms with Crippen LogP contribution in [0.4, 0.5) is 4.79 Å². The molecule has 0 aromatic heterocycles. The smallest absolute Gasteiger partial charge is 0.315 e. The van der Waals surface area contributed by atoms with Crippen LogP contribution in [-0.2, 0) is 4.79 Å². The molecule has 148 valence electrons. The maximum absolute atomic E-state index is 12.4. The van der Waals surface area contributed by atoms with Crippen molar-refractivity contribution in [1.82, 2.24) is 15.5 Å². The first-order valence-electron chi connectivity index (χ1n) is 10.1. The van der Waals surface area contributed by atoms with Crippen LogP contribution in [0.25, 0.3) is 0 Å². The van der Waals surface area contributed by atoms with Crippen molar-refractivity contribution in [1.29, 1.82) is 0 Å². The van der Waals surface area contributed by atoms with E-state index in [9.17, 15) is 9.59 Å². The molecule has 1 aliphatic heterocycles. The SMILES string of the molecule is Cl.NCC1CCCN1C(=O)CCNC(=O)NC12CC3CC(CC(C3)C1)C2. The first kappa shape index (κ1) is 19.7. The van der Waals surface area contributed by atoms with Crippen molar-refractivity contribution >= 4 is 24.3 Å². The van der Waals surface area contributed by atoms with E-state index >= 15 is 0 Å². The molecular weight excluding hydrogens is 352 g/mol. The molecule has 1 saturated heterocycles. The average Bonchev–Trinajstić information content (AvgIpc) is 3.01. The second kappa shape index (κ2) is 7.93. The van der Waals surface area contributed by atoms with E-state index in [0.29, 0.717) is 19.5 Å². The number of carbonyl (C=O) groups is 2. The monoisotopic (exact) mass is 384 g/mol. The fourth-order valence-electron chi connectivity index (χ4n) is 6.38. The molecule has 4 N–H and O–H groups in total. The van der Waals surface area contributed by atoms with E-state index in [1.807, 2.05) is 4.90 Å². The molecule has 0 aromatic rings. The fraction of sp³-hybridized carbons (Fsp3) is 0.895. The third-order valence-electron chi connectivity index (χ3n) is 7.01. The third-order valence-corrected chi connectivity index (χ3v) is 7.01. The lowest BCUT2D eigenvalue weighted by Crippen LogP contribution is -2.61. The van der Waals surface area contributed by atoms with Crippen molar-refractivity contribution in [3.8, 4) is 0 Å². The molecule has 5 rings (SSSR count). The molecule has 5 aliphatic rings. The van der Waals surface area contributed by atoms with Crippen molar-refractivity contribution < 1.29 is 9.59 Å². The van der Waals surface area contributed by atoms with Gasteiger partial charge in [-0.15, -0.1) is 12.4 Å². The predicted octanol–water partition coefficient (Wildman–Crippen LogP) is 2.02. The van der Waals surface area contributed by atoms with Crippen LogP contribution in [0.3, 0.4) is 0 Å². The highest BCUT2D eigenvalue weighted by Gasteiger charge is 2.51. The first-order chi connectivity index (χ1) is 12.1. The number of rotatable bonds is 5. The molecule has 0 radical (unpaired) electrons. The van der Waals surface area contributed by atoms with Gasteiger partial charge >= 0.3 is 6.03 Å². The van der Waals surface area contributed by atoms with Gasteiger partial charge in [0.25, 0.3) is 0 Å². The van der Waals surface area contributed by atoms with Gasteiger partial charge in [0.15, 0.2) is 0 Å². The number of likely N-dealkylation sites (tertiary alicyclic amines) is 1. The Bertz CT molecular complexity index is 506. The molecule has 1 atom stereocenters. The second-order valence-corrected chi connectivity index (χ2v) is 8.95. The van der Waals surface area contributed by atoms with Gasteiger partial charge in [0.2, 0.25) is 5.91 Å². The molecule has 5 fully saturated rings. The van der Waals surface area contributed by atoms with E-state index in [1.54, 1.807) is 0 Å². The zero-order valence-corrected chi connectivity index (χ0v) is 16.4. The molecule has 4 saturated carbocycles. The number of carbonyl (C=O) groups excluding carboxylic acids is 2. The van der Waals surface area contributed by atoms with Crippen molar-refractivity contribution in [2.24, 2.45) is 23.5 Å². The molecule has 0 spiro atoms. The molecule has 7 heteroatoms. The molecular formula is C19H33ClN4O2. The number of nitrogens with zero attached hydrogens (tertiary/aromatic N) is 1. The second-order valence-electron chi connectivity index (χ2n) is 8.95. The summed E-state index contributed by atoms with van der Waals surface area (Å²) in [4.78, 5) is 26.6. The number of urea groups is 1. The molecule has 4 aliphatic carbocycles. The summed E-state index contributed by atoms with van der Waals surface area (Å²) in [7, 11) is 0. The molecule has 6 nitrogen and oxygen atoms in total. The van der Waals surface area contributed by atoms with Gasteiger partial charge in [0.05, 0.1) is 0 Å². The van der Waals surface area contributed by atoms with Gasteiger partial charge in [0.1, 0.15) is 0 Å². The van der Waals surface area contributed by atoms with Gasteiger partial charge in [-0.1, -0.05) is 0 Å². The van der Waals surface area contributed by atoms with Crippen LogP contribution in [0.1, 0.15) is 57.8 Å². The number of halogens is 1. The van der Waals surface area contributed by atoms with Gasteiger partial charge < -0.3 is 21.3 Å². The van der Waals surface area contributed by atoms with Crippen LogP contribution in [0.5, 0.6) is 0 Å². The Labute approximate surface area is 162 Å². The summed E-state index contributed by atoms with van der Waals surface area (Å²) in [5.41, 5.74) is 5.76. The molecule has 1 unspecified atom stereocenters. The number of nitrogens with one attached hydrogen (secondary N) is 2. The highest BCUT2D eigenvalue weighted by Crippen LogP contribution is 2.55. The minimum atomic E-state index is -0.0912. The van der Waals surface area contributed by atoms with Crippen LogP contribution in [0, 0.1) is 17.8 Å². The summed E-state index contributed by atoms with van der Waals surface area (Å²) in [6, 6.07) is 0.0971. The Hall–Kier alpha value is -1.01. The Morgan fingerprint density at radius 1 is 1.08 bits per heavy atom. The zero-order valence-electron chi connectivity index (χ0n) is 15.5. The molecule has 26 heavy (non-hydrogen) atoms. The van der Waals surface area contributed by atoms with Crippen LogP contribution in [0.15, 0.2) is 0 Å². The average molecular weight is 385 g/mol. The topological polar surface area (TPSA) is 87.5 Å². The number of amides is 3. The maximum Gasteiger partial charge on any atom is 0.315 e. The minimum Gasteiger partial charge on any atom is -0.338 e. The van der Waals surface area contributed by atoms with Crippen LogP contribution >= 0.6 is 12.4 Å². The largest absolute Gasteiger partial charge is 0.338 e. The van der Waals surface area contributed by atoms with Crippen molar-refractivity contribution in [2.45, 2.75) is 69.4 Å². The summed E-state index contributed by atoms with van der Waals surface area (Å²) in [5.74, 6) is 2.56. The van der Waals surface area contributed by atoms with Crippen LogP contribution < -0.4 is 16.4 Å². The minimum absolute atomic E-state index is 0. The van der Waals surface area contributed by atoms with Gasteiger partial charge in [-0.25, -0.2) is 4.79 Å². The summed E-state index contributed by atoms with van der Waals surface area (Å²) in [6.07, 6.45) is 9.96. The van der Waals surface area contributed by atoms with E-state index in [2.05, 4.69) is 10.6 Å². The Morgan fingerprint density at radius 3 is 2.27 bits per heavy atom. The zero-order chi connectivity index (χ0) is 17.4. The molecule has 3 amide bonds. The number of hydrogen-bond donors (Lipinski definition) is 3. The van der Waals surface area contributed by atoms with E-state index in [4.69, 9.17) is 5.73 Å². The van der Waals surface area contributed by atoms with Gasteiger partial charge in [-0.05, 0) is 69.1 Å². The lowest BCUT2D eigenvalue weighted by atomic mass is 9.53. The highest BCUT2D eigenvalue weighted by atomic mass is 35.5. The summed E-state index contributed by atoms with van der Waals surface area (Å²) in [6.45, 7) is 1.75. The molecule has 0 aromatic carbocycles. The lowest BCUT2D eigenvalue weighted by molar-refractivity contribution is -0.131. The predicted molar refractivity (Wildman–Crippen MR) is 103 cm³/mol. The molecule has 1 heterocycles. The standard InChI is InChI=1S/C19H32N4O2.ClH/c20-12-16-2-1-5-23(16)17(24)3-4-21-18(25)22-19-9-13-6-14(10-19)8-15(7-13)11-19;/h13-16H,1-12,20H2,(H2,21,22,25);1H. The summed E-state index contributed by atoms with van der Waals surface area (Å²) >= 11 is 0. The highest BCUT2D eigenvalue weighted by molar-refractivity contribution is 5.85. The van der Waals surface area contributed by atoms with Gasteiger partial charge in [0, 0.05) is 37.6 Å². The Balaban J connectivity index is 0.00000196. The molecule has 4 bridgehead atoms. The van der Waals surface area contributed by atoms with E-state index in [1.165, 1.54) is 19.3 Å². The summed E-state index contributed by atoms with van der Waals surface area (Å²) < 4.78 is 0. The third kappa shape index (κ3) is 3.96. The number of hydrogen-bond acceptors (Lipinski definition) is 3. The Morgan fingerprint density at radius 2 is 1.69 bits per heavy atom. The van der Waals surface area contributed by atoms with Gasteiger partial charge in [-0.2, -0.15) is 0 Å². The van der Waals surface area contributed by atoms with E-state index in [0.717, 1.165) is 56.4 Å². The fourth-order valence-corrected chi connectivity index (χ4v) is 6.38. The quantitative estimate of drug-likeness (QED) is 0.677. The van der Waals surface area contributed by atoms with E-state index in [-0.39, 0.29) is 35.9 Å². The van der Waals surface area contributed by atoms with Crippen molar-refractivity contribution in [3.05, 3.63) is 0 Å². The Kier molecular flexibility index (Phi) is 6.02. The van der Waals surface area contributed by atoms with E-state index < -0.39 is 0 Å². The van der Waals surface area contributed by atoms with Crippen molar-refractivity contribution in [2.75, 3.05) is 19.6 Å². The van der Waals surface area contributed by atoms with Crippen LogP contribution in [-0.4, -0.2) is 48.1 Å². The van der Waals surface area contributed by atoms with Crippen LogP contribution in [0.2, 0.25) is 0 Å².